The minimum Gasteiger partial charge on any atom is -0.442 e. The van der Waals surface area contributed by atoms with Crippen LogP contribution in [0.1, 0.15) is 6.92 Å². The maximum absolute atomic E-state index is 14.6. The average molecular weight is 401 g/mol. The molecule has 11 heteroatoms. The Labute approximate surface area is 155 Å². The molecule has 1 aromatic carbocycles. The molecule has 1 N–H and O–H groups in total. The van der Waals surface area contributed by atoms with Gasteiger partial charge in [-0.2, -0.15) is 0 Å². The van der Waals surface area contributed by atoms with Gasteiger partial charge in [0.2, 0.25) is 5.91 Å². The Hall–Kier alpha value is -2.40. The molecule has 2 heterocycles. The summed E-state index contributed by atoms with van der Waals surface area (Å²) in [7, 11) is -3.07. The van der Waals surface area contributed by atoms with Crippen LogP contribution in [0.15, 0.2) is 18.2 Å². The van der Waals surface area contributed by atoms with Crippen LogP contribution in [0.5, 0.6) is 0 Å². The third-order valence-electron chi connectivity index (χ3n) is 4.54. The van der Waals surface area contributed by atoms with Crippen LogP contribution in [-0.4, -0.2) is 74.5 Å². The summed E-state index contributed by atoms with van der Waals surface area (Å²) in [6.07, 6.45) is -1.44. The Kier molecular flexibility index (Phi) is 5.24. The molecular weight excluding hydrogens is 381 g/mol. The third-order valence-corrected chi connectivity index (χ3v) is 6.15. The van der Waals surface area contributed by atoms with Gasteiger partial charge in [-0.05, 0) is 18.2 Å². The van der Waals surface area contributed by atoms with Crippen LogP contribution < -0.4 is 9.80 Å². The summed E-state index contributed by atoms with van der Waals surface area (Å²) in [6, 6.07) is 4.23. The van der Waals surface area contributed by atoms with Crippen LogP contribution in [0, 0.1) is 5.82 Å². The van der Waals surface area contributed by atoms with Gasteiger partial charge in [0.25, 0.3) is 0 Å². The zero-order chi connectivity index (χ0) is 19.8. The van der Waals surface area contributed by atoms with E-state index in [0.717, 1.165) is 0 Å². The molecule has 2 aliphatic rings. The van der Waals surface area contributed by atoms with E-state index >= 15 is 0 Å². The normalized spacial score (nSPS) is 21.9. The summed E-state index contributed by atoms with van der Waals surface area (Å²) < 4.78 is 42.7. The number of anilines is 2. The third kappa shape index (κ3) is 4.30. The summed E-state index contributed by atoms with van der Waals surface area (Å²) in [4.78, 5) is 26.0. The molecule has 0 aliphatic carbocycles. The smallest absolute Gasteiger partial charge is 0.414 e. The molecule has 2 aliphatic heterocycles. The molecule has 1 aromatic rings. The number of hydroxylamine groups is 2. The molecule has 0 bridgehead atoms. The molecule has 0 spiro atoms. The van der Waals surface area contributed by atoms with Crippen molar-refractivity contribution in [1.82, 2.24) is 5.06 Å². The Bertz CT molecular complexity index is 848. The summed E-state index contributed by atoms with van der Waals surface area (Å²) in [5.41, 5.74) is 0.552. The van der Waals surface area contributed by atoms with E-state index in [9.17, 15) is 27.6 Å². The van der Waals surface area contributed by atoms with E-state index in [2.05, 4.69) is 0 Å². The molecule has 27 heavy (non-hydrogen) atoms. The van der Waals surface area contributed by atoms with E-state index in [0.29, 0.717) is 5.06 Å². The van der Waals surface area contributed by atoms with Crippen LogP contribution in [0.3, 0.4) is 0 Å². The van der Waals surface area contributed by atoms with Crippen LogP contribution in [-0.2, 0) is 19.4 Å². The van der Waals surface area contributed by atoms with Crippen molar-refractivity contribution in [3.63, 3.8) is 0 Å². The number of carbonyl (C=O) groups is 2. The zero-order valence-electron chi connectivity index (χ0n) is 14.7. The second-order valence-electron chi connectivity index (χ2n) is 6.49. The van der Waals surface area contributed by atoms with Gasteiger partial charge in [-0.1, -0.05) is 0 Å². The van der Waals surface area contributed by atoms with E-state index in [1.165, 1.54) is 24.0 Å². The highest BCUT2D eigenvalue weighted by Crippen LogP contribution is 2.28. The molecule has 0 saturated carbocycles. The predicted octanol–water partition coefficient (Wildman–Crippen LogP) is 0.623. The number of nitrogens with zero attached hydrogens (tertiary/aromatic N) is 3. The quantitative estimate of drug-likeness (QED) is 0.582. The first-order chi connectivity index (χ1) is 12.7. The highest BCUT2D eigenvalue weighted by molar-refractivity contribution is 7.91. The fourth-order valence-corrected chi connectivity index (χ4v) is 4.22. The van der Waals surface area contributed by atoms with Crippen LogP contribution >= 0.6 is 0 Å². The van der Waals surface area contributed by atoms with Crippen molar-refractivity contribution in [3.8, 4) is 0 Å². The Morgan fingerprint density at radius 2 is 2.04 bits per heavy atom. The van der Waals surface area contributed by atoms with Crippen molar-refractivity contribution < 1.29 is 32.3 Å². The molecular formula is C16H20FN3O6S. The van der Waals surface area contributed by atoms with Crippen molar-refractivity contribution >= 4 is 33.2 Å². The minimum absolute atomic E-state index is 0.0257. The summed E-state index contributed by atoms with van der Waals surface area (Å²) in [6.45, 7) is 1.48. The van der Waals surface area contributed by atoms with Crippen LogP contribution in [0.25, 0.3) is 0 Å². The highest BCUT2D eigenvalue weighted by atomic mass is 32.2. The van der Waals surface area contributed by atoms with Crippen molar-refractivity contribution in [1.29, 1.82) is 0 Å². The van der Waals surface area contributed by atoms with Crippen molar-refractivity contribution in [2.45, 2.75) is 13.0 Å². The Morgan fingerprint density at radius 3 is 2.63 bits per heavy atom. The fourth-order valence-electron chi connectivity index (χ4n) is 3.02. The fraction of sp³-hybridized carbons (Fsp3) is 0.500. The van der Waals surface area contributed by atoms with Crippen LogP contribution in [0.2, 0.25) is 0 Å². The predicted molar refractivity (Wildman–Crippen MR) is 94.1 cm³/mol. The lowest BCUT2D eigenvalue weighted by Crippen LogP contribution is -2.40. The number of hydrogen-bond donors (Lipinski definition) is 1. The number of hydrogen-bond acceptors (Lipinski definition) is 7. The topological polar surface area (TPSA) is 107 Å². The lowest BCUT2D eigenvalue weighted by atomic mass is 10.2. The van der Waals surface area contributed by atoms with Gasteiger partial charge in [0, 0.05) is 20.0 Å². The second-order valence-corrected chi connectivity index (χ2v) is 8.80. The number of halogens is 1. The molecule has 2 fully saturated rings. The molecule has 0 radical (unpaired) electrons. The number of ether oxygens (including phenoxy) is 1. The first kappa shape index (κ1) is 19.4. The number of cyclic esters (lactones) is 1. The number of sulfone groups is 1. The van der Waals surface area contributed by atoms with Gasteiger partial charge in [0.1, 0.15) is 11.9 Å². The molecule has 0 aromatic heterocycles. The molecule has 3 rings (SSSR count). The monoisotopic (exact) mass is 401 g/mol. The molecule has 1 atom stereocenters. The largest absolute Gasteiger partial charge is 0.442 e. The van der Waals surface area contributed by atoms with E-state index in [-0.39, 0.29) is 49.1 Å². The summed E-state index contributed by atoms with van der Waals surface area (Å²) in [5, 5.41) is 9.91. The number of amides is 2. The van der Waals surface area contributed by atoms with Gasteiger partial charge >= 0.3 is 6.09 Å². The molecule has 148 valence electrons. The molecule has 2 amide bonds. The Balaban J connectivity index is 1.70. The Morgan fingerprint density at radius 1 is 1.37 bits per heavy atom. The zero-order valence-corrected chi connectivity index (χ0v) is 15.5. The summed E-state index contributed by atoms with van der Waals surface area (Å²) >= 11 is 0. The van der Waals surface area contributed by atoms with Gasteiger partial charge in [-0.3, -0.25) is 14.9 Å². The maximum atomic E-state index is 14.6. The van der Waals surface area contributed by atoms with Gasteiger partial charge in [-0.25, -0.2) is 22.7 Å². The summed E-state index contributed by atoms with van der Waals surface area (Å²) in [5.74, 6) is -1.21. The van der Waals surface area contributed by atoms with Gasteiger partial charge in [0.05, 0.1) is 36.0 Å². The second kappa shape index (κ2) is 7.31. The highest BCUT2D eigenvalue weighted by Gasteiger charge is 2.34. The lowest BCUT2D eigenvalue weighted by Gasteiger charge is -2.29. The molecule has 9 nitrogen and oxygen atoms in total. The van der Waals surface area contributed by atoms with Gasteiger partial charge < -0.3 is 9.64 Å². The maximum Gasteiger partial charge on any atom is 0.414 e. The van der Waals surface area contributed by atoms with Gasteiger partial charge in [0.15, 0.2) is 9.84 Å². The van der Waals surface area contributed by atoms with Crippen molar-refractivity contribution in [3.05, 3.63) is 24.0 Å². The first-order valence-electron chi connectivity index (χ1n) is 8.36. The first-order valence-corrected chi connectivity index (χ1v) is 10.2. The SMILES string of the molecule is CC(=O)N(O)C[C@@H]1CN(c2ccc(N3CCS(=O)(=O)CC3)c(F)c2)C(=O)O1. The number of carbonyl (C=O) groups excluding carboxylic acids is 2. The molecule has 0 unspecified atom stereocenters. The van der Waals surface area contributed by atoms with Crippen molar-refractivity contribution in [2.24, 2.45) is 0 Å². The van der Waals surface area contributed by atoms with E-state index in [1.54, 1.807) is 11.0 Å². The van der Waals surface area contributed by atoms with E-state index in [1.807, 2.05) is 0 Å². The van der Waals surface area contributed by atoms with Crippen LogP contribution in [0.4, 0.5) is 20.6 Å². The van der Waals surface area contributed by atoms with Crippen molar-refractivity contribution in [2.75, 3.05) is 47.5 Å². The molecule has 2 saturated heterocycles. The lowest BCUT2D eigenvalue weighted by molar-refractivity contribution is -0.166. The number of benzene rings is 1. The number of rotatable bonds is 4. The standard InChI is InChI=1S/C16H20FN3O6S/c1-11(21)20(23)10-13-9-19(16(22)26-13)12-2-3-15(14(17)8-12)18-4-6-27(24,25)7-5-18/h2-3,8,13,23H,4-7,9-10H2,1H3/t13-/m0/s1. The minimum atomic E-state index is -3.07. The average Bonchev–Trinajstić information content (AvgIpc) is 2.95. The van der Waals surface area contributed by atoms with Gasteiger partial charge in [-0.15, -0.1) is 0 Å². The van der Waals surface area contributed by atoms with E-state index in [4.69, 9.17) is 4.74 Å². The van der Waals surface area contributed by atoms with E-state index < -0.39 is 33.8 Å².